The summed E-state index contributed by atoms with van der Waals surface area (Å²) in [4.78, 5) is 0.383. The molecule has 1 aromatic carbocycles. The van der Waals surface area contributed by atoms with Gasteiger partial charge in [0.15, 0.2) is 21.3 Å². The van der Waals surface area contributed by atoms with E-state index in [2.05, 4.69) is 5.32 Å². The van der Waals surface area contributed by atoms with Gasteiger partial charge < -0.3 is 14.8 Å². The molecule has 104 valence electrons. The van der Waals surface area contributed by atoms with Gasteiger partial charge in [-0.05, 0) is 31.5 Å². The van der Waals surface area contributed by atoms with E-state index in [9.17, 15) is 8.42 Å². The van der Waals surface area contributed by atoms with Crippen molar-refractivity contribution in [1.29, 1.82) is 0 Å². The Morgan fingerprint density at radius 3 is 2.58 bits per heavy atom. The van der Waals surface area contributed by atoms with Gasteiger partial charge in [-0.25, -0.2) is 8.42 Å². The average Bonchev–Trinajstić information content (AvgIpc) is 2.53. The zero-order chi connectivity index (χ0) is 13.5. The Hall–Kier alpha value is -1.27. The minimum absolute atomic E-state index is 0.0445. The van der Waals surface area contributed by atoms with E-state index in [1.807, 2.05) is 13.1 Å². The molecule has 0 radical (unpaired) electrons. The van der Waals surface area contributed by atoms with Crippen LogP contribution in [0.1, 0.15) is 24.4 Å². The summed E-state index contributed by atoms with van der Waals surface area (Å²) in [5.41, 5.74) is 0.796. The maximum Gasteiger partial charge on any atom is 0.178 e. The molecule has 0 saturated heterocycles. The molecule has 0 aliphatic carbocycles. The number of fused-ring (bicyclic) bond motifs is 2. The Morgan fingerprint density at radius 1 is 1.21 bits per heavy atom. The molecular formula is C13H17NO4S. The highest BCUT2D eigenvalue weighted by Crippen LogP contribution is 2.40. The fraction of sp³-hybridized carbons (Fsp3) is 0.538. The quantitative estimate of drug-likeness (QED) is 0.841. The molecule has 0 saturated carbocycles. The van der Waals surface area contributed by atoms with Gasteiger partial charge in [0.25, 0.3) is 0 Å². The number of sulfone groups is 1. The molecule has 5 nitrogen and oxygen atoms in total. The number of benzene rings is 1. The van der Waals surface area contributed by atoms with Crippen molar-refractivity contribution in [1.82, 2.24) is 5.32 Å². The molecule has 0 bridgehead atoms. The Labute approximate surface area is 112 Å². The van der Waals surface area contributed by atoms with Gasteiger partial charge in [0, 0.05) is 12.1 Å². The van der Waals surface area contributed by atoms with Gasteiger partial charge in [0.05, 0.1) is 10.6 Å². The van der Waals surface area contributed by atoms with Crippen LogP contribution in [0, 0.1) is 0 Å². The maximum absolute atomic E-state index is 12.3. The minimum atomic E-state index is -3.23. The van der Waals surface area contributed by atoms with E-state index in [1.54, 1.807) is 6.07 Å². The Bertz CT molecular complexity index is 597. The van der Waals surface area contributed by atoms with Crippen LogP contribution in [0.2, 0.25) is 0 Å². The zero-order valence-electron chi connectivity index (χ0n) is 10.8. The molecule has 2 aliphatic heterocycles. The van der Waals surface area contributed by atoms with Gasteiger partial charge in [-0.3, -0.25) is 0 Å². The number of nitrogens with one attached hydrogen (secondary N) is 1. The lowest BCUT2D eigenvalue weighted by molar-refractivity contribution is 0.170. The molecule has 0 aromatic heterocycles. The molecule has 1 unspecified atom stereocenters. The third-order valence-corrected chi connectivity index (χ3v) is 5.49. The molecule has 1 atom stereocenters. The van der Waals surface area contributed by atoms with Gasteiger partial charge in [0.1, 0.15) is 13.2 Å². The van der Waals surface area contributed by atoms with Crippen molar-refractivity contribution in [3.8, 4) is 11.5 Å². The molecule has 6 heteroatoms. The largest absolute Gasteiger partial charge is 0.486 e. The first kappa shape index (κ1) is 12.7. The van der Waals surface area contributed by atoms with Crippen LogP contribution < -0.4 is 14.8 Å². The van der Waals surface area contributed by atoms with Crippen molar-refractivity contribution in [3.63, 3.8) is 0 Å². The van der Waals surface area contributed by atoms with Gasteiger partial charge in [-0.2, -0.15) is 0 Å². The Morgan fingerprint density at radius 2 is 1.89 bits per heavy atom. The number of hydrogen-bond acceptors (Lipinski definition) is 5. The molecule has 0 amide bonds. The first-order valence-corrected chi connectivity index (χ1v) is 8.10. The van der Waals surface area contributed by atoms with Crippen LogP contribution in [0.3, 0.4) is 0 Å². The number of hydrogen-bond donors (Lipinski definition) is 1. The van der Waals surface area contributed by atoms with Crippen LogP contribution in [0.5, 0.6) is 11.5 Å². The van der Waals surface area contributed by atoms with Crippen LogP contribution in [0.4, 0.5) is 0 Å². The Kier molecular flexibility index (Phi) is 3.14. The topological polar surface area (TPSA) is 64.6 Å². The van der Waals surface area contributed by atoms with E-state index in [4.69, 9.17) is 9.47 Å². The van der Waals surface area contributed by atoms with Crippen molar-refractivity contribution in [2.45, 2.75) is 23.8 Å². The molecule has 19 heavy (non-hydrogen) atoms. The fourth-order valence-electron chi connectivity index (χ4n) is 2.67. The van der Waals surface area contributed by atoms with Gasteiger partial charge >= 0.3 is 0 Å². The molecule has 2 heterocycles. The van der Waals surface area contributed by atoms with Crippen LogP contribution in [0.15, 0.2) is 17.0 Å². The van der Waals surface area contributed by atoms with E-state index in [-0.39, 0.29) is 11.8 Å². The normalized spacial score (nSPS) is 24.4. The third kappa shape index (κ3) is 2.19. The SMILES string of the molecule is CNC1CCCS(=O)(=O)c2cc3c(cc21)OCCO3. The average molecular weight is 283 g/mol. The van der Waals surface area contributed by atoms with Crippen LogP contribution in [0.25, 0.3) is 0 Å². The maximum atomic E-state index is 12.3. The summed E-state index contributed by atoms with van der Waals surface area (Å²) < 4.78 is 35.7. The molecule has 3 rings (SSSR count). The highest BCUT2D eigenvalue weighted by Gasteiger charge is 2.30. The monoisotopic (exact) mass is 283 g/mol. The summed E-state index contributed by atoms with van der Waals surface area (Å²) in [5, 5.41) is 3.18. The predicted octanol–water partition coefficient (Wildman–Crippen LogP) is 1.29. The predicted molar refractivity (Wildman–Crippen MR) is 70.5 cm³/mol. The molecule has 0 spiro atoms. The Balaban J connectivity index is 2.20. The van der Waals surface area contributed by atoms with Crippen molar-refractivity contribution >= 4 is 9.84 Å². The highest BCUT2D eigenvalue weighted by molar-refractivity contribution is 7.91. The first-order valence-electron chi connectivity index (χ1n) is 6.45. The number of ether oxygens (including phenoxy) is 2. The highest BCUT2D eigenvalue weighted by atomic mass is 32.2. The van der Waals surface area contributed by atoms with Crippen molar-refractivity contribution in [2.24, 2.45) is 0 Å². The molecule has 1 aromatic rings. The lowest BCUT2D eigenvalue weighted by Gasteiger charge is -2.23. The first-order chi connectivity index (χ1) is 9.12. The van der Waals surface area contributed by atoms with E-state index < -0.39 is 9.84 Å². The summed E-state index contributed by atoms with van der Waals surface area (Å²) in [6.45, 7) is 0.962. The molecule has 1 N–H and O–H groups in total. The lowest BCUT2D eigenvalue weighted by atomic mass is 10.0. The summed E-state index contributed by atoms with van der Waals surface area (Å²) >= 11 is 0. The summed E-state index contributed by atoms with van der Waals surface area (Å²) in [5.74, 6) is 1.37. The van der Waals surface area contributed by atoms with Crippen molar-refractivity contribution < 1.29 is 17.9 Å². The van der Waals surface area contributed by atoms with Crippen LogP contribution >= 0.6 is 0 Å². The number of rotatable bonds is 1. The van der Waals surface area contributed by atoms with E-state index in [0.29, 0.717) is 36.0 Å². The summed E-state index contributed by atoms with van der Waals surface area (Å²) in [6.07, 6.45) is 1.47. The third-order valence-electron chi connectivity index (χ3n) is 3.64. The second kappa shape index (κ2) is 4.68. The minimum Gasteiger partial charge on any atom is -0.486 e. The summed E-state index contributed by atoms with van der Waals surface area (Å²) in [6, 6.07) is 3.48. The zero-order valence-corrected chi connectivity index (χ0v) is 11.6. The van der Waals surface area contributed by atoms with E-state index >= 15 is 0 Å². The second-order valence-corrected chi connectivity index (χ2v) is 6.91. The second-order valence-electron chi connectivity index (χ2n) is 4.84. The van der Waals surface area contributed by atoms with E-state index in [1.165, 1.54) is 0 Å². The van der Waals surface area contributed by atoms with E-state index in [0.717, 1.165) is 12.0 Å². The molecular weight excluding hydrogens is 266 g/mol. The standard InChI is InChI=1S/C13H17NO4S/c1-14-10-3-2-6-19(15,16)13-8-12-11(7-9(10)13)17-4-5-18-12/h7-8,10,14H,2-6H2,1H3. The van der Waals surface area contributed by atoms with Crippen molar-refractivity contribution in [2.75, 3.05) is 26.0 Å². The smallest absolute Gasteiger partial charge is 0.178 e. The van der Waals surface area contributed by atoms with Crippen LogP contribution in [-0.4, -0.2) is 34.4 Å². The van der Waals surface area contributed by atoms with Gasteiger partial charge in [-0.1, -0.05) is 0 Å². The van der Waals surface area contributed by atoms with Gasteiger partial charge in [-0.15, -0.1) is 0 Å². The van der Waals surface area contributed by atoms with Gasteiger partial charge in [0.2, 0.25) is 0 Å². The molecule has 0 fully saturated rings. The van der Waals surface area contributed by atoms with Crippen LogP contribution in [-0.2, 0) is 9.84 Å². The summed E-state index contributed by atoms with van der Waals surface area (Å²) in [7, 11) is -1.38. The lowest BCUT2D eigenvalue weighted by Crippen LogP contribution is -2.20. The molecule has 2 aliphatic rings. The fourth-order valence-corrected chi connectivity index (χ4v) is 4.28. The van der Waals surface area contributed by atoms with Crippen molar-refractivity contribution in [3.05, 3.63) is 17.7 Å².